The molecule has 0 heterocycles. The van der Waals surface area contributed by atoms with Gasteiger partial charge in [0.2, 0.25) is 10.0 Å². The highest BCUT2D eigenvalue weighted by Crippen LogP contribution is 2.27. The number of carboxylic acid groups (broad SMARTS) is 1. The lowest BCUT2D eigenvalue weighted by molar-refractivity contribution is -0.137. The van der Waals surface area contributed by atoms with Crippen LogP contribution in [0.15, 0.2) is 29.2 Å². The Morgan fingerprint density at radius 1 is 1.24 bits per heavy atom. The van der Waals surface area contributed by atoms with E-state index in [1.54, 1.807) is 12.1 Å². The lowest BCUT2D eigenvalue weighted by Crippen LogP contribution is -2.25. The molecule has 21 heavy (non-hydrogen) atoms. The average molecular weight is 313 g/mol. The highest BCUT2D eigenvalue weighted by molar-refractivity contribution is 7.89. The smallest absolute Gasteiger partial charge is 0.303 e. The van der Waals surface area contributed by atoms with Crippen LogP contribution in [0.1, 0.15) is 45.6 Å². The molecule has 0 aliphatic rings. The summed E-state index contributed by atoms with van der Waals surface area (Å²) < 4.78 is 26.5. The largest absolute Gasteiger partial charge is 0.481 e. The summed E-state index contributed by atoms with van der Waals surface area (Å²) in [6.07, 6.45) is 1.19. The minimum atomic E-state index is -3.57. The Balaban J connectivity index is 2.74. The van der Waals surface area contributed by atoms with Crippen molar-refractivity contribution in [3.63, 3.8) is 0 Å². The molecule has 1 aromatic carbocycles. The van der Waals surface area contributed by atoms with Gasteiger partial charge in [0.05, 0.1) is 4.90 Å². The molecule has 0 fully saturated rings. The van der Waals surface area contributed by atoms with E-state index in [9.17, 15) is 13.2 Å². The lowest BCUT2D eigenvalue weighted by Gasteiger charge is -2.23. The third-order valence-corrected chi connectivity index (χ3v) is 5.17. The van der Waals surface area contributed by atoms with E-state index >= 15 is 0 Å². The van der Waals surface area contributed by atoms with E-state index in [1.165, 1.54) is 0 Å². The summed E-state index contributed by atoms with van der Waals surface area (Å²) in [5.41, 5.74) is 1.10. The third kappa shape index (κ3) is 5.13. The fourth-order valence-electron chi connectivity index (χ4n) is 1.82. The van der Waals surface area contributed by atoms with Gasteiger partial charge in [-0.25, -0.2) is 13.1 Å². The number of carbonyl (C=O) groups is 1. The maximum atomic E-state index is 12.0. The molecular formula is C15H23NO4S. The summed E-state index contributed by atoms with van der Waals surface area (Å²) >= 11 is 0. The Labute approximate surface area is 126 Å². The van der Waals surface area contributed by atoms with Crippen molar-refractivity contribution in [2.75, 3.05) is 6.54 Å². The van der Waals surface area contributed by atoms with E-state index in [2.05, 4.69) is 25.5 Å². The molecule has 0 radical (unpaired) electrons. The molecule has 0 saturated heterocycles. The minimum absolute atomic E-state index is 0.0111. The quantitative estimate of drug-likeness (QED) is 0.722. The van der Waals surface area contributed by atoms with Gasteiger partial charge in [0, 0.05) is 13.0 Å². The fraction of sp³-hybridized carbons (Fsp3) is 0.533. The predicted octanol–water partition coefficient (Wildman–Crippen LogP) is 2.52. The van der Waals surface area contributed by atoms with E-state index in [0.29, 0.717) is 0 Å². The van der Waals surface area contributed by atoms with Crippen LogP contribution in [0.5, 0.6) is 0 Å². The van der Waals surface area contributed by atoms with Gasteiger partial charge in [0.15, 0.2) is 0 Å². The van der Waals surface area contributed by atoms with Gasteiger partial charge >= 0.3 is 5.97 Å². The summed E-state index contributed by atoms with van der Waals surface area (Å²) in [6.45, 7) is 6.44. The minimum Gasteiger partial charge on any atom is -0.481 e. The number of aliphatic carboxylic acids is 1. The first-order valence-corrected chi connectivity index (χ1v) is 8.49. The first kappa shape index (κ1) is 17.7. The van der Waals surface area contributed by atoms with Crippen molar-refractivity contribution in [2.24, 2.45) is 0 Å². The van der Waals surface area contributed by atoms with Crippen LogP contribution in [-0.2, 0) is 20.2 Å². The van der Waals surface area contributed by atoms with E-state index in [4.69, 9.17) is 5.11 Å². The van der Waals surface area contributed by atoms with Crippen molar-refractivity contribution in [1.29, 1.82) is 0 Å². The van der Waals surface area contributed by atoms with Crippen molar-refractivity contribution in [3.05, 3.63) is 29.8 Å². The number of hydrogen-bond donors (Lipinski definition) is 2. The Bertz CT molecular complexity index is 576. The Kier molecular flexibility index (Phi) is 5.92. The molecule has 0 aromatic heterocycles. The number of rotatable bonds is 8. The molecule has 1 rings (SSSR count). The normalized spacial score (nSPS) is 12.3. The molecule has 0 aliphatic carbocycles. The second kappa shape index (κ2) is 7.04. The zero-order valence-electron chi connectivity index (χ0n) is 12.7. The third-order valence-electron chi connectivity index (χ3n) is 3.69. The number of sulfonamides is 1. The highest BCUT2D eigenvalue weighted by Gasteiger charge is 2.19. The van der Waals surface area contributed by atoms with Gasteiger partial charge in [0.1, 0.15) is 0 Å². The summed E-state index contributed by atoms with van der Waals surface area (Å²) in [7, 11) is -3.57. The molecule has 0 spiro atoms. The second-order valence-corrected chi connectivity index (χ2v) is 7.42. The highest BCUT2D eigenvalue weighted by atomic mass is 32.2. The van der Waals surface area contributed by atoms with Gasteiger partial charge < -0.3 is 5.11 Å². The maximum absolute atomic E-state index is 12.0. The molecule has 5 nitrogen and oxygen atoms in total. The second-order valence-electron chi connectivity index (χ2n) is 5.66. The van der Waals surface area contributed by atoms with Crippen LogP contribution in [0, 0.1) is 0 Å². The van der Waals surface area contributed by atoms with E-state index in [1.807, 2.05) is 12.1 Å². The van der Waals surface area contributed by atoms with Crippen molar-refractivity contribution in [1.82, 2.24) is 4.72 Å². The molecule has 0 amide bonds. The van der Waals surface area contributed by atoms with Crippen LogP contribution < -0.4 is 4.72 Å². The van der Waals surface area contributed by atoms with Gasteiger partial charge in [0.25, 0.3) is 0 Å². The van der Waals surface area contributed by atoms with Gasteiger partial charge in [-0.05, 0) is 36.0 Å². The molecule has 6 heteroatoms. The SMILES string of the molecule is CCC(C)(C)c1ccc(S(=O)(=O)NCCCC(=O)O)cc1. The van der Waals surface area contributed by atoms with Gasteiger partial charge in [-0.1, -0.05) is 32.9 Å². The summed E-state index contributed by atoms with van der Waals surface area (Å²) in [5, 5.41) is 8.51. The van der Waals surface area contributed by atoms with Crippen molar-refractivity contribution in [3.8, 4) is 0 Å². The van der Waals surface area contributed by atoms with E-state index < -0.39 is 16.0 Å². The fourth-order valence-corrected chi connectivity index (χ4v) is 2.89. The van der Waals surface area contributed by atoms with Crippen molar-refractivity contribution < 1.29 is 18.3 Å². The first-order chi connectivity index (χ1) is 9.69. The summed E-state index contributed by atoms with van der Waals surface area (Å²) in [5.74, 6) is -0.930. The number of hydrogen-bond acceptors (Lipinski definition) is 3. The van der Waals surface area contributed by atoms with Crippen LogP contribution in [0.2, 0.25) is 0 Å². The molecule has 2 N–H and O–H groups in total. The predicted molar refractivity (Wildman–Crippen MR) is 81.8 cm³/mol. The molecule has 118 valence electrons. The number of carboxylic acids is 1. The van der Waals surface area contributed by atoms with Crippen molar-refractivity contribution >= 4 is 16.0 Å². The standard InChI is InChI=1S/C15H23NO4S/c1-4-15(2,3)12-7-9-13(10-8-12)21(19,20)16-11-5-6-14(17)18/h7-10,16H,4-6,11H2,1-3H3,(H,17,18). The van der Waals surface area contributed by atoms with Crippen LogP contribution in [0.4, 0.5) is 0 Å². The maximum Gasteiger partial charge on any atom is 0.303 e. The lowest BCUT2D eigenvalue weighted by atomic mass is 9.82. The Hall–Kier alpha value is -1.40. The molecule has 0 saturated carbocycles. The average Bonchev–Trinajstić information content (AvgIpc) is 2.43. The zero-order valence-corrected chi connectivity index (χ0v) is 13.5. The molecule has 0 bridgehead atoms. The molecule has 0 unspecified atom stereocenters. The van der Waals surface area contributed by atoms with E-state index in [0.717, 1.165) is 12.0 Å². The molecule has 0 atom stereocenters. The Morgan fingerprint density at radius 3 is 2.29 bits per heavy atom. The monoisotopic (exact) mass is 313 g/mol. The van der Waals surface area contributed by atoms with Crippen molar-refractivity contribution in [2.45, 2.75) is 50.3 Å². The molecule has 1 aromatic rings. The van der Waals surface area contributed by atoms with Gasteiger partial charge in [-0.3, -0.25) is 4.79 Å². The van der Waals surface area contributed by atoms with Gasteiger partial charge in [-0.2, -0.15) is 0 Å². The van der Waals surface area contributed by atoms with Gasteiger partial charge in [-0.15, -0.1) is 0 Å². The zero-order chi connectivity index (χ0) is 16.1. The summed E-state index contributed by atoms with van der Waals surface area (Å²) in [6, 6.07) is 6.84. The van der Waals surface area contributed by atoms with Crippen LogP contribution in [-0.4, -0.2) is 26.0 Å². The van der Waals surface area contributed by atoms with E-state index in [-0.39, 0.29) is 29.7 Å². The van der Waals surface area contributed by atoms with Crippen LogP contribution >= 0.6 is 0 Å². The summed E-state index contributed by atoms with van der Waals surface area (Å²) in [4.78, 5) is 10.6. The molecule has 0 aliphatic heterocycles. The first-order valence-electron chi connectivity index (χ1n) is 7.01. The molecular weight excluding hydrogens is 290 g/mol. The number of benzene rings is 1. The van der Waals surface area contributed by atoms with Crippen LogP contribution in [0.25, 0.3) is 0 Å². The topological polar surface area (TPSA) is 83.5 Å². The Morgan fingerprint density at radius 2 is 1.81 bits per heavy atom. The number of nitrogens with one attached hydrogen (secondary N) is 1. The van der Waals surface area contributed by atoms with Crippen LogP contribution in [0.3, 0.4) is 0 Å².